The van der Waals surface area contributed by atoms with Crippen LogP contribution in [-0.4, -0.2) is 9.97 Å². The van der Waals surface area contributed by atoms with Gasteiger partial charge in [-0.3, -0.25) is 4.79 Å². The molecular formula is C11H11BrN2O2. The Morgan fingerprint density at radius 2 is 2.25 bits per heavy atom. The normalized spacial score (nSPS) is 10.7. The van der Waals surface area contributed by atoms with E-state index < -0.39 is 0 Å². The van der Waals surface area contributed by atoms with Gasteiger partial charge in [0.05, 0.1) is 0 Å². The van der Waals surface area contributed by atoms with Gasteiger partial charge in [-0.1, -0.05) is 6.92 Å². The number of hydrogen-bond donors (Lipinski definition) is 1. The quantitative estimate of drug-likeness (QED) is 0.921. The lowest BCUT2D eigenvalue weighted by Crippen LogP contribution is -2.16. The van der Waals surface area contributed by atoms with E-state index in [1.807, 2.05) is 13.8 Å². The van der Waals surface area contributed by atoms with Crippen molar-refractivity contribution in [2.75, 3.05) is 0 Å². The van der Waals surface area contributed by atoms with Crippen LogP contribution in [0.4, 0.5) is 0 Å². The summed E-state index contributed by atoms with van der Waals surface area (Å²) in [6.07, 6.45) is 0.677. The van der Waals surface area contributed by atoms with Gasteiger partial charge in [-0.15, -0.1) is 0 Å². The molecule has 1 N–H and O–H groups in total. The number of H-pyrrole nitrogens is 1. The molecule has 0 radical (unpaired) electrons. The zero-order valence-electron chi connectivity index (χ0n) is 9.00. The number of aromatic nitrogens is 2. The molecular weight excluding hydrogens is 272 g/mol. The van der Waals surface area contributed by atoms with Crippen LogP contribution in [0.25, 0.3) is 11.6 Å². The Bertz CT molecular complexity index is 572. The van der Waals surface area contributed by atoms with Gasteiger partial charge in [-0.25, -0.2) is 4.98 Å². The highest BCUT2D eigenvalue weighted by atomic mass is 79.9. The first-order valence-corrected chi connectivity index (χ1v) is 5.76. The molecule has 0 aliphatic rings. The Labute approximate surface area is 101 Å². The summed E-state index contributed by atoms with van der Waals surface area (Å²) in [5, 5.41) is 0. The summed E-state index contributed by atoms with van der Waals surface area (Å²) in [6, 6.07) is 3.52. The van der Waals surface area contributed by atoms with Crippen LogP contribution in [0.3, 0.4) is 0 Å². The van der Waals surface area contributed by atoms with E-state index in [1.54, 1.807) is 12.1 Å². The van der Waals surface area contributed by atoms with E-state index in [0.717, 1.165) is 11.3 Å². The molecule has 4 nitrogen and oxygen atoms in total. The van der Waals surface area contributed by atoms with Crippen LogP contribution in [-0.2, 0) is 6.42 Å². The fourth-order valence-corrected chi connectivity index (χ4v) is 1.89. The highest BCUT2D eigenvalue weighted by Gasteiger charge is 2.10. The maximum absolute atomic E-state index is 11.7. The standard InChI is InChI=1S/C11H11BrN2O2/c1-3-7-6(2)13-10(14-11(7)15)8-4-5-9(12)16-8/h4-5H,3H2,1-2H3,(H,13,14,15). The van der Waals surface area contributed by atoms with Crippen molar-refractivity contribution in [2.24, 2.45) is 0 Å². The summed E-state index contributed by atoms with van der Waals surface area (Å²) in [5.41, 5.74) is 1.36. The fourth-order valence-electron chi connectivity index (χ4n) is 1.59. The number of aryl methyl sites for hydroxylation is 1. The summed E-state index contributed by atoms with van der Waals surface area (Å²) in [6.45, 7) is 3.76. The van der Waals surface area contributed by atoms with E-state index in [-0.39, 0.29) is 5.56 Å². The van der Waals surface area contributed by atoms with E-state index in [1.165, 1.54) is 0 Å². The zero-order chi connectivity index (χ0) is 11.7. The maximum atomic E-state index is 11.7. The third-order valence-corrected chi connectivity index (χ3v) is 2.81. The van der Waals surface area contributed by atoms with Crippen molar-refractivity contribution >= 4 is 15.9 Å². The molecule has 2 rings (SSSR count). The first kappa shape index (κ1) is 11.1. The van der Waals surface area contributed by atoms with Crippen molar-refractivity contribution in [3.05, 3.63) is 38.4 Å². The van der Waals surface area contributed by atoms with Crippen LogP contribution in [0.1, 0.15) is 18.2 Å². The highest BCUT2D eigenvalue weighted by molar-refractivity contribution is 9.10. The van der Waals surface area contributed by atoms with Crippen LogP contribution in [0.2, 0.25) is 0 Å². The molecule has 84 valence electrons. The smallest absolute Gasteiger partial charge is 0.254 e. The summed E-state index contributed by atoms with van der Waals surface area (Å²) >= 11 is 3.21. The third kappa shape index (κ3) is 1.95. The fraction of sp³-hybridized carbons (Fsp3) is 0.273. The Kier molecular flexibility index (Phi) is 2.96. The predicted molar refractivity (Wildman–Crippen MR) is 64.4 cm³/mol. The minimum atomic E-state index is -0.0995. The van der Waals surface area contributed by atoms with Crippen LogP contribution in [0.15, 0.2) is 26.0 Å². The van der Waals surface area contributed by atoms with Crippen molar-refractivity contribution < 1.29 is 4.42 Å². The van der Waals surface area contributed by atoms with Gasteiger partial charge in [-0.05, 0) is 41.4 Å². The lowest BCUT2D eigenvalue weighted by Gasteiger charge is -2.03. The molecule has 0 amide bonds. The average Bonchev–Trinajstić information content (AvgIpc) is 2.64. The first-order chi connectivity index (χ1) is 7.61. The minimum absolute atomic E-state index is 0.0995. The molecule has 0 aliphatic carbocycles. The maximum Gasteiger partial charge on any atom is 0.254 e. The number of rotatable bonds is 2. The molecule has 5 heteroatoms. The second-order valence-corrected chi connectivity index (χ2v) is 4.22. The number of nitrogens with zero attached hydrogens (tertiary/aromatic N) is 1. The summed E-state index contributed by atoms with van der Waals surface area (Å²) < 4.78 is 5.95. The molecule has 2 aromatic heterocycles. The third-order valence-electron chi connectivity index (χ3n) is 2.38. The van der Waals surface area contributed by atoms with Crippen molar-refractivity contribution in [2.45, 2.75) is 20.3 Å². The molecule has 0 aliphatic heterocycles. The van der Waals surface area contributed by atoms with Gasteiger partial charge < -0.3 is 9.40 Å². The molecule has 2 aromatic rings. The SMILES string of the molecule is CCc1c(C)nc(-c2ccc(Br)o2)[nH]c1=O. The minimum Gasteiger partial charge on any atom is -0.446 e. The van der Waals surface area contributed by atoms with Gasteiger partial charge in [0, 0.05) is 11.3 Å². The van der Waals surface area contributed by atoms with E-state index in [4.69, 9.17) is 4.42 Å². The number of furan rings is 1. The molecule has 0 spiro atoms. The largest absolute Gasteiger partial charge is 0.446 e. The molecule has 2 heterocycles. The predicted octanol–water partition coefficient (Wildman–Crippen LogP) is 2.66. The topological polar surface area (TPSA) is 58.9 Å². The van der Waals surface area contributed by atoms with Crippen molar-refractivity contribution in [1.82, 2.24) is 9.97 Å². The molecule has 0 saturated heterocycles. The average molecular weight is 283 g/mol. The molecule has 0 unspecified atom stereocenters. The Hall–Kier alpha value is -1.36. The lowest BCUT2D eigenvalue weighted by molar-refractivity contribution is 0.550. The van der Waals surface area contributed by atoms with Crippen LogP contribution in [0.5, 0.6) is 0 Å². The van der Waals surface area contributed by atoms with Gasteiger partial charge >= 0.3 is 0 Å². The molecule has 16 heavy (non-hydrogen) atoms. The monoisotopic (exact) mass is 282 g/mol. The molecule has 0 fully saturated rings. The van der Waals surface area contributed by atoms with Gasteiger partial charge in [-0.2, -0.15) is 0 Å². The van der Waals surface area contributed by atoms with E-state index in [0.29, 0.717) is 22.7 Å². The number of hydrogen-bond acceptors (Lipinski definition) is 3. The summed E-state index contributed by atoms with van der Waals surface area (Å²) in [5.74, 6) is 1.01. The second kappa shape index (κ2) is 4.25. The molecule has 0 bridgehead atoms. The summed E-state index contributed by atoms with van der Waals surface area (Å²) in [4.78, 5) is 18.8. The number of halogens is 1. The zero-order valence-corrected chi connectivity index (χ0v) is 10.6. The van der Waals surface area contributed by atoms with Crippen LogP contribution >= 0.6 is 15.9 Å². The van der Waals surface area contributed by atoms with Gasteiger partial charge in [0.25, 0.3) is 5.56 Å². The van der Waals surface area contributed by atoms with Crippen molar-refractivity contribution in [3.63, 3.8) is 0 Å². The highest BCUT2D eigenvalue weighted by Crippen LogP contribution is 2.21. The number of nitrogens with one attached hydrogen (secondary N) is 1. The molecule has 0 atom stereocenters. The molecule has 0 aromatic carbocycles. The lowest BCUT2D eigenvalue weighted by atomic mass is 10.2. The van der Waals surface area contributed by atoms with Gasteiger partial charge in [0.1, 0.15) is 0 Å². The van der Waals surface area contributed by atoms with Crippen LogP contribution in [0, 0.1) is 6.92 Å². The van der Waals surface area contributed by atoms with Gasteiger partial charge in [0.15, 0.2) is 16.3 Å². The van der Waals surface area contributed by atoms with Crippen LogP contribution < -0.4 is 5.56 Å². The van der Waals surface area contributed by atoms with E-state index in [2.05, 4.69) is 25.9 Å². The Morgan fingerprint density at radius 1 is 1.50 bits per heavy atom. The van der Waals surface area contributed by atoms with Crippen molar-refractivity contribution in [3.8, 4) is 11.6 Å². The second-order valence-electron chi connectivity index (χ2n) is 3.44. The summed E-state index contributed by atoms with van der Waals surface area (Å²) in [7, 11) is 0. The number of aromatic amines is 1. The Morgan fingerprint density at radius 3 is 2.75 bits per heavy atom. The van der Waals surface area contributed by atoms with E-state index >= 15 is 0 Å². The Balaban J connectivity index is 2.56. The molecule has 0 saturated carbocycles. The van der Waals surface area contributed by atoms with E-state index in [9.17, 15) is 4.79 Å². The van der Waals surface area contributed by atoms with Crippen molar-refractivity contribution in [1.29, 1.82) is 0 Å². The van der Waals surface area contributed by atoms with Gasteiger partial charge in [0.2, 0.25) is 0 Å². The first-order valence-electron chi connectivity index (χ1n) is 4.97.